The molecule has 21 heavy (non-hydrogen) atoms. The highest BCUT2D eigenvalue weighted by molar-refractivity contribution is 5.24. The van der Waals surface area contributed by atoms with Crippen molar-refractivity contribution in [2.24, 2.45) is 11.8 Å². The highest BCUT2D eigenvalue weighted by Crippen LogP contribution is 2.19. The molecule has 7 heteroatoms. The predicted octanol–water partition coefficient (Wildman–Crippen LogP) is 1.09. The summed E-state index contributed by atoms with van der Waals surface area (Å²) in [5, 5.41) is 12.5. The van der Waals surface area contributed by atoms with Crippen LogP contribution in [0, 0.1) is 19.8 Å². The summed E-state index contributed by atoms with van der Waals surface area (Å²) in [6.45, 7) is 9.02. The molecule has 1 atom stereocenters. The van der Waals surface area contributed by atoms with Crippen LogP contribution in [0.3, 0.4) is 0 Å². The first-order valence-corrected chi connectivity index (χ1v) is 7.15. The molecule has 1 unspecified atom stereocenters. The summed E-state index contributed by atoms with van der Waals surface area (Å²) in [5.41, 5.74) is 5.65. The molecule has 2 aromatic heterocycles. The van der Waals surface area contributed by atoms with Crippen LogP contribution in [0.4, 0.5) is 0 Å². The molecule has 0 bridgehead atoms. The number of nitrogens with two attached hydrogens (primary N) is 1. The van der Waals surface area contributed by atoms with E-state index in [1.807, 2.05) is 24.6 Å². The van der Waals surface area contributed by atoms with Crippen LogP contribution >= 0.6 is 0 Å². The molecule has 2 aromatic rings. The van der Waals surface area contributed by atoms with Crippen molar-refractivity contribution in [1.29, 1.82) is 0 Å². The molecule has 0 aromatic carbocycles. The third-order valence-corrected chi connectivity index (χ3v) is 3.34. The van der Waals surface area contributed by atoms with Gasteiger partial charge in [0.05, 0.1) is 17.4 Å². The lowest BCUT2D eigenvalue weighted by Gasteiger charge is -2.18. The minimum Gasteiger partial charge on any atom is -0.271 e. The van der Waals surface area contributed by atoms with Crippen LogP contribution in [-0.2, 0) is 13.0 Å². The lowest BCUT2D eigenvalue weighted by Crippen LogP contribution is -2.31. The van der Waals surface area contributed by atoms with Crippen LogP contribution < -0.4 is 11.3 Å². The van der Waals surface area contributed by atoms with E-state index in [1.54, 1.807) is 6.33 Å². The minimum atomic E-state index is -0.0608. The molecule has 0 fully saturated rings. The average molecular weight is 289 g/mol. The second kappa shape index (κ2) is 6.73. The van der Waals surface area contributed by atoms with E-state index in [4.69, 9.17) is 5.84 Å². The largest absolute Gasteiger partial charge is 0.271 e. The van der Waals surface area contributed by atoms with E-state index in [0.717, 1.165) is 29.3 Å². The SMILES string of the molecule is Cc1cc(C(Cc2ncnn2CC(C)C)NN)c(C)nn1. The molecule has 3 N–H and O–H groups in total. The standard InChI is InChI=1S/C14H23N7/c1-9(2)7-21-14(16-8-17-21)6-13(18-15)12-5-10(3)19-20-11(12)4/h5,8-9,13,18H,6-7,15H2,1-4H3. The lowest BCUT2D eigenvalue weighted by molar-refractivity contribution is 0.445. The number of hydrazine groups is 1. The first kappa shape index (κ1) is 15.5. The molecular formula is C14H23N7. The fraction of sp³-hybridized carbons (Fsp3) is 0.571. The number of nitrogens with zero attached hydrogens (tertiary/aromatic N) is 5. The van der Waals surface area contributed by atoms with E-state index >= 15 is 0 Å². The molecule has 0 amide bonds. The number of rotatable bonds is 6. The fourth-order valence-electron chi connectivity index (χ4n) is 2.31. The second-order valence-electron chi connectivity index (χ2n) is 5.70. The van der Waals surface area contributed by atoms with Crippen molar-refractivity contribution in [3.63, 3.8) is 0 Å². The van der Waals surface area contributed by atoms with Gasteiger partial charge in [-0.15, -0.1) is 0 Å². The third-order valence-electron chi connectivity index (χ3n) is 3.34. The van der Waals surface area contributed by atoms with Gasteiger partial charge in [0.2, 0.25) is 0 Å². The van der Waals surface area contributed by atoms with Crippen molar-refractivity contribution in [2.75, 3.05) is 0 Å². The Kier molecular flexibility index (Phi) is 4.98. The summed E-state index contributed by atoms with van der Waals surface area (Å²) in [4.78, 5) is 4.35. The maximum absolute atomic E-state index is 5.74. The van der Waals surface area contributed by atoms with Crippen molar-refractivity contribution in [1.82, 2.24) is 30.4 Å². The Morgan fingerprint density at radius 2 is 2.05 bits per heavy atom. The molecule has 114 valence electrons. The Labute approximate surface area is 125 Å². The monoisotopic (exact) mass is 289 g/mol. The topological polar surface area (TPSA) is 94.5 Å². The van der Waals surface area contributed by atoms with E-state index in [2.05, 4.69) is 39.6 Å². The number of aryl methyl sites for hydroxylation is 2. The number of hydrogen-bond acceptors (Lipinski definition) is 6. The fourth-order valence-corrected chi connectivity index (χ4v) is 2.31. The zero-order chi connectivity index (χ0) is 15.4. The van der Waals surface area contributed by atoms with Crippen LogP contribution in [0.2, 0.25) is 0 Å². The Hall–Kier alpha value is -1.86. The van der Waals surface area contributed by atoms with Crippen LogP contribution in [-0.4, -0.2) is 25.0 Å². The third kappa shape index (κ3) is 3.83. The highest BCUT2D eigenvalue weighted by Gasteiger charge is 2.18. The summed E-state index contributed by atoms with van der Waals surface area (Å²) >= 11 is 0. The van der Waals surface area contributed by atoms with Gasteiger partial charge in [0.15, 0.2) is 0 Å². The predicted molar refractivity (Wildman–Crippen MR) is 80.1 cm³/mol. The Morgan fingerprint density at radius 1 is 1.29 bits per heavy atom. The maximum atomic E-state index is 5.74. The van der Waals surface area contributed by atoms with E-state index in [9.17, 15) is 0 Å². The van der Waals surface area contributed by atoms with Crippen molar-refractivity contribution >= 4 is 0 Å². The second-order valence-corrected chi connectivity index (χ2v) is 5.70. The summed E-state index contributed by atoms with van der Waals surface area (Å²) in [5.74, 6) is 7.17. The van der Waals surface area contributed by atoms with Gasteiger partial charge < -0.3 is 0 Å². The molecule has 0 radical (unpaired) electrons. The molecular weight excluding hydrogens is 266 g/mol. The molecule has 0 aliphatic carbocycles. The van der Waals surface area contributed by atoms with E-state index in [0.29, 0.717) is 12.3 Å². The summed E-state index contributed by atoms with van der Waals surface area (Å²) < 4.78 is 1.94. The smallest absolute Gasteiger partial charge is 0.138 e. The summed E-state index contributed by atoms with van der Waals surface area (Å²) in [6.07, 6.45) is 2.25. The Morgan fingerprint density at radius 3 is 2.71 bits per heavy atom. The van der Waals surface area contributed by atoms with Gasteiger partial charge in [0, 0.05) is 13.0 Å². The number of aromatic nitrogens is 5. The van der Waals surface area contributed by atoms with Gasteiger partial charge in [-0.1, -0.05) is 13.8 Å². The van der Waals surface area contributed by atoms with Crippen LogP contribution in [0.1, 0.15) is 42.7 Å². The van der Waals surface area contributed by atoms with E-state index < -0.39 is 0 Å². The minimum absolute atomic E-state index is 0.0608. The van der Waals surface area contributed by atoms with Gasteiger partial charge in [0.1, 0.15) is 12.2 Å². The molecule has 2 rings (SSSR count). The lowest BCUT2D eigenvalue weighted by atomic mass is 10.0. The first-order valence-electron chi connectivity index (χ1n) is 7.15. The van der Waals surface area contributed by atoms with Crippen LogP contribution in [0.25, 0.3) is 0 Å². The van der Waals surface area contributed by atoms with Crippen molar-refractivity contribution in [3.05, 3.63) is 35.2 Å². The summed E-state index contributed by atoms with van der Waals surface area (Å²) in [6, 6.07) is 1.95. The van der Waals surface area contributed by atoms with E-state index in [1.165, 1.54) is 0 Å². The Balaban J connectivity index is 2.23. The van der Waals surface area contributed by atoms with Crippen LogP contribution in [0.15, 0.2) is 12.4 Å². The normalized spacial score (nSPS) is 12.9. The highest BCUT2D eigenvalue weighted by atomic mass is 15.3. The maximum Gasteiger partial charge on any atom is 0.138 e. The molecule has 0 aliphatic heterocycles. The van der Waals surface area contributed by atoms with Crippen LogP contribution in [0.5, 0.6) is 0 Å². The van der Waals surface area contributed by atoms with Gasteiger partial charge in [-0.3, -0.25) is 11.3 Å². The van der Waals surface area contributed by atoms with Gasteiger partial charge >= 0.3 is 0 Å². The van der Waals surface area contributed by atoms with E-state index in [-0.39, 0.29) is 6.04 Å². The molecule has 0 spiro atoms. The summed E-state index contributed by atoms with van der Waals surface area (Å²) in [7, 11) is 0. The zero-order valence-corrected chi connectivity index (χ0v) is 13.0. The van der Waals surface area contributed by atoms with Gasteiger partial charge in [-0.2, -0.15) is 15.3 Å². The zero-order valence-electron chi connectivity index (χ0n) is 13.0. The molecule has 0 saturated carbocycles. The molecule has 0 aliphatic rings. The quantitative estimate of drug-likeness (QED) is 0.610. The van der Waals surface area contributed by atoms with Gasteiger partial charge in [-0.05, 0) is 31.4 Å². The Bertz CT molecular complexity index is 591. The number of hydrogen-bond donors (Lipinski definition) is 2. The van der Waals surface area contributed by atoms with Crippen molar-refractivity contribution in [2.45, 2.75) is 46.7 Å². The number of nitrogens with one attached hydrogen (secondary N) is 1. The molecule has 2 heterocycles. The van der Waals surface area contributed by atoms with Crippen molar-refractivity contribution in [3.8, 4) is 0 Å². The van der Waals surface area contributed by atoms with Crippen molar-refractivity contribution < 1.29 is 0 Å². The molecule has 0 saturated heterocycles. The average Bonchev–Trinajstić information content (AvgIpc) is 2.85. The van der Waals surface area contributed by atoms with Gasteiger partial charge in [0.25, 0.3) is 0 Å². The van der Waals surface area contributed by atoms with Gasteiger partial charge in [-0.25, -0.2) is 9.67 Å². The molecule has 7 nitrogen and oxygen atoms in total. The first-order chi connectivity index (χ1) is 10.0.